The van der Waals surface area contributed by atoms with Crippen LogP contribution in [0.15, 0.2) is 30.5 Å². The molecule has 5 rings (SSSR count). The smallest absolute Gasteiger partial charge is 0.407 e. The van der Waals surface area contributed by atoms with E-state index in [2.05, 4.69) is 29.5 Å². The van der Waals surface area contributed by atoms with Crippen LogP contribution >= 0.6 is 0 Å². The third-order valence-corrected chi connectivity index (χ3v) is 10.1. The summed E-state index contributed by atoms with van der Waals surface area (Å²) in [5.41, 5.74) is 4.53. The molecule has 0 atom stereocenters. The minimum Gasteiger partial charge on any atom is -0.497 e. The van der Waals surface area contributed by atoms with E-state index >= 15 is 0 Å². The molecule has 1 aromatic carbocycles. The Bertz CT molecular complexity index is 1470. The molecule has 43 heavy (non-hydrogen) atoms. The molecule has 10 nitrogen and oxygen atoms in total. The molecule has 2 fully saturated rings. The number of piperidine rings is 1. The molecule has 0 unspecified atom stereocenters. The Morgan fingerprint density at radius 1 is 1.09 bits per heavy atom. The summed E-state index contributed by atoms with van der Waals surface area (Å²) in [4.78, 5) is 31.3. The van der Waals surface area contributed by atoms with Gasteiger partial charge in [-0.3, -0.25) is 9.78 Å². The van der Waals surface area contributed by atoms with Gasteiger partial charge < -0.3 is 34.1 Å². The number of aromatic nitrogens is 2. The van der Waals surface area contributed by atoms with Crippen LogP contribution < -0.4 is 14.8 Å². The lowest BCUT2D eigenvalue weighted by Gasteiger charge is -2.30. The van der Waals surface area contributed by atoms with E-state index in [1.54, 1.807) is 13.3 Å². The van der Waals surface area contributed by atoms with Gasteiger partial charge in [-0.2, -0.15) is 0 Å². The van der Waals surface area contributed by atoms with Crippen molar-refractivity contribution >= 4 is 31.1 Å². The number of rotatable bonds is 12. The molecule has 2 N–H and O–H groups in total. The van der Waals surface area contributed by atoms with Gasteiger partial charge in [0.05, 0.1) is 24.8 Å². The second kappa shape index (κ2) is 13.0. The van der Waals surface area contributed by atoms with Crippen molar-refractivity contribution in [2.75, 3.05) is 33.4 Å². The summed E-state index contributed by atoms with van der Waals surface area (Å²) >= 11 is 0. The maximum atomic E-state index is 13.8. The maximum absolute atomic E-state index is 13.8. The van der Waals surface area contributed by atoms with Crippen molar-refractivity contribution < 1.29 is 28.9 Å². The molecule has 0 radical (unpaired) electrons. The number of benzene rings is 1. The van der Waals surface area contributed by atoms with Gasteiger partial charge >= 0.3 is 6.09 Å². The van der Waals surface area contributed by atoms with Crippen molar-refractivity contribution in [2.45, 2.75) is 71.1 Å². The van der Waals surface area contributed by atoms with Crippen molar-refractivity contribution in [1.29, 1.82) is 0 Å². The van der Waals surface area contributed by atoms with E-state index in [9.17, 15) is 14.7 Å². The van der Waals surface area contributed by atoms with Crippen molar-refractivity contribution in [2.24, 2.45) is 5.92 Å². The first-order valence-electron chi connectivity index (χ1n) is 15.2. The highest BCUT2D eigenvalue weighted by atomic mass is 28.3. The highest BCUT2D eigenvalue weighted by Gasteiger charge is 2.29. The lowest BCUT2D eigenvalue weighted by atomic mass is 10.0. The zero-order valence-electron chi connectivity index (χ0n) is 25.9. The molecule has 1 aliphatic heterocycles. The third kappa shape index (κ3) is 7.33. The average molecular weight is 609 g/mol. The maximum Gasteiger partial charge on any atom is 0.407 e. The van der Waals surface area contributed by atoms with Crippen molar-refractivity contribution in [3.8, 4) is 22.6 Å². The Labute approximate surface area is 254 Å². The van der Waals surface area contributed by atoms with Gasteiger partial charge in [-0.05, 0) is 62.8 Å². The fourth-order valence-electron chi connectivity index (χ4n) is 5.51. The summed E-state index contributed by atoms with van der Waals surface area (Å²) in [6.07, 6.45) is 4.33. The van der Waals surface area contributed by atoms with Crippen LogP contribution in [0.1, 0.15) is 41.7 Å². The van der Waals surface area contributed by atoms with Gasteiger partial charge in [-0.1, -0.05) is 19.6 Å². The van der Waals surface area contributed by atoms with Gasteiger partial charge in [0, 0.05) is 62.9 Å². The topological polar surface area (TPSA) is 115 Å². The number of pyridine rings is 1. The molecule has 2 amide bonds. The summed E-state index contributed by atoms with van der Waals surface area (Å²) in [6.45, 7) is 11.3. The molecule has 0 spiro atoms. The predicted octanol–water partition coefficient (Wildman–Crippen LogP) is 5.99. The molecule has 3 aromatic rings. The van der Waals surface area contributed by atoms with Crippen molar-refractivity contribution in [1.82, 2.24) is 19.8 Å². The lowest BCUT2D eigenvalue weighted by molar-refractivity contribution is 0.0874. The molecular weight excluding hydrogens is 564 g/mol. The van der Waals surface area contributed by atoms with Crippen LogP contribution in [-0.2, 0) is 11.5 Å². The van der Waals surface area contributed by atoms with Gasteiger partial charge in [0.1, 0.15) is 23.7 Å². The predicted molar refractivity (Wildman–Crippen MR) is 169 cm³/mol. The first kappa shape index (κ1) is 30.9. The summed E-state index contributed by atoms with van der Waals surface area (Å²) < 4.78 is 20.1. The second-order valence-corrected chi connectivity index (χ2v) is 18.5. The van der Waals surface area contributed by atoms with E-state index in [0.29, 0.717) is 62.9 Å². The van der Waals surface area contributed by atoms with Crippen molar-refractivity contribution in [3.05, 3.63) is 41.7 Å². The van der Waals surface area contributed by atoms with Gasteiger partial charge in [0.2, 0.25) is 0 Å². The van der Waals surface area contributed by atoms with E-state index < -0.39 is 14.2 Å². The van der Waals surface area contributed by atoms with Crippen LogP contribution in [0.2, 0.25) is 25.7 Å². The number of carbonyl (C=O) groups excluding carboxylic acids is 1. The number of amides is 2. The molecule has 1 aliphatic carbocycles. The summed E-state index contributed by atoms with van der Waals surface area (Å²) in [6, 6.07) is 8.75. The van der Waals surface area contributed by atoms with Crippen LogP contribution in [0.3, 0.4) is 0 Å². The van der Waals surface area contributed by atoms with Gasteiger partial charge in [-0.25, -0.2) is 4.79 Å². The second-order valence-electron chi connectivity index (χ2n) is 12.9. The van der Waals surface area contributed by atoms with E-state index in [0.717, 1.165) is 39.9 Å². The van der Waals surface area contributed by atoms with Crippen molar-refractivity contribution in [3.63, 3.8) is 0 Å². The molecule has 11 heteroatoms. The van der Waals surface area contributed by atoms with Gasteiger partial charge in [-0.15, -0.1) is 0 Å². The highest BCUT2D eigenvalue weighted by Crippen LogP contribution is 2.40. The number of hydrogen-bond donors (Lipinski definition) is 2. The van der Waals surface area contributed by atoms with E-state index in [4.69, 9.17) is 19.2 Å². The molecule has 3 heterocycles. The number of carbonyl (C=O) groups is 2. The molecule has 1 saturated heterocycles. The van der Waals surface area contributed by atoms with Crippen LogP contribution in [0.4, 0.5) is 4.79 Å². The number of carboxylic acid groups (broad SMARTS) is 1. The number of nitrogens with one attached hydrogen (secondary N) is 1. The Morgan fingerprint density at radius 2 is 1.84 bits per heavy atom. The minimum absolute atomic E-state index is 0.110. The number of ether oxygens (including phenoxy) is 3. The SMILES string of the molecule is COc1ccc(-c2ccnc3c(C(=O)NC4CCN(C(=O)O)CC4)c(C)n(COCC[Si](C)(C)C)c23)c(OCC2CC2)c1. The summed E-state index contributed by atoms with van der Waals surface area (Å²) in [5, 5.41) is 12.5. The Balaban J connectivity index is 1.52. The number of fused-ring (bicyclic) bond motifs is 1. The lowest BCUT2D eigenvalue weighted by Crippen LogP contribution is -2.46. The number of methoxy groups -OCH3 is 1. The van der Waals surface area contributed by atoms with Crippen LogP contribution in [0, 0.1) is 12.8 Å². The quantitative estimate of drug-likeness (QED) is 0.192. The van der Waals surface area contributed by atoms with E-state index in [-0.39, 0.29) is 11.9 Å². The zero-order chi connectivity index (χ0) is 30.7. The number of likely N-dealkylation sites (tertiary alicyclic amines) is 1. The first-order chi connectivity index (χ1) is 20.6. The molecule has 232 valence electrons. The average Bonchev–Trinajstić information content (AvgIpc) is 3.76. The monoisotopic (exact) mass is 608 g/mol. The molecule has 1 saturated carbocycles. The van der Waals surface area contributed by atoms with Gasteiger partial charge in [0.15, 0.2) is 0 Å². The fourth-order valence-corrected chi connectivity index (χ4v) is 6.26. The standard InChI is InChI=1S/C32H44N4O6Si/c1-21-28(31(37)34-23-11-14-35(15-12-23)32(38)39)29-30(36(21)20-41-16-17-43(3,4)5)26(10-13-33-29)25-9-8-24(40-2)18-27(25)42-19-22-6-7-22/h8-10,13,18,22-23H,6-7,11-12,14-17,19-20H2,1-5H3,(H,34,37)(H,38,39). The fraction of sp³-hybridized carbons (Fsp3) is 0.531. The van der Waals surface area contributed by atoms with Gasteiger partial charge in [0.25, 0.3) is 5.91 Å². The highest BCUT2D eigenvalue weighted by molar-refractivity contribution is 6.76. The largest absolute Gasteiger partial charge is 0.497 e. The third-order valence-electron chi connectivity index (χ3n) is 8.39. The van der Waals surface area contributed by atoms with Crippen LogP contribution in [0.25, 0.3) is 22.2 Å². The Hall–Kier alpha value is -3.57. The van der Waals surface area contributed by atoms with Crippen LogP contribution in [-0.4, -0.2) is 79.1 Å². The normalized spacial score (nSPS) is 16.0. The number of hydrogen-bond acceptors (Lipinski definition) is 6. The number of nitrogens with zero attached hydrogens (tertiary/aromatic N) is 3. The first-order valence-corrected chi connectivity index (χ1v) is 18.9. The summed E-state index contributed by atoms with van der Waals surface area (Å²) in [7, 11) is 0.360. The molecule has 2 aromatic heterocycles. The molecular formula is C32H44N4O6Si. The van der Waals surface area contributed by atoms with E-state index in [1.165, 1.54) is 17.7 Å². The molecule has 2 aliphatic rings. The zero-order valence-corrected chi connectivity index (χ0v) is 26.9. The summed E-state index contributed by atoms with van der Waals surface area (Å²) in [5.74, 6) is 1.83. The van der Waals surface area contributed by atoms with E-state index in [1.807, 2.05) is 31.2 Å². The minimum atomic E-state index is -1.29. The Morgan fingerprint density at radius 3 is 2.49 bits per heavy atom. The Kier molecular flexibility index (Phi) is 9.31. The van der Waals surface area contributed by atoms with Crippen LogP contribution in [0.5, 0.6) is 11.5 Å². The molecule has 0 bridgehead atoms.